The summed E-state index contributed by atoms with van der Waals surface area (Å²) in [5.41, 5.74) is -0.115. The van der Waals surface area contributed by atoms with Gasteiger partial charge in [0.1, 0.15) is 6.10 Å². The minimum atomic E-state index is -1.37. The maximum atomic E-state index is 14.0. The molecule has 2 fully saturated rings. The van der Waals surface area contributed by atoms with Gasteiger partial charge in [0.05, 0.1) is 31.6 Å². The van der Waals surface area contributed by atoms with E-state index >= 15 is 0 Å². The Bertz CT molecular complexity index is 1430. The molecule has 2 aromatic rings. The van der Waals surface area contributed by atoms with Gasteiger partial charge < -0.3 is 23.7 Å². The van der Waals surface area contributed by atoms with Crippen LogP contribution in [0, 0.1) is 10.8 Å². The smallest absolute Gasteiger partial charge is 0.351 e. The van der Waals surface area contributed by atoms with Gasteiger partial charge in [-0.3, -0.25) is 9.59 Å². The Morgan fingerprint density at radius 3 is 2.28 bits per heavy atom. The van der Waals surface area contributed by atoms with Crippen LogP contribution in [0.2, 0.25) is 0 Å². The number of hydrogen-bond acceptors (Lipinski definition) is 9. The Morgan fingerprint density at radius 1 is 1.00 bits per heavy atom. The fourth-order valence-corrected chi connectivity index (χ4v) is 6.94. The number of methoxy groups -OCH3 is 3. The summed E-state index contributed by atoms with van der Waals surface area (Å²) in [4.78, 5) is 40.5. The second kappa shape index (κ2) is 9.47. The summed E-state index contributed by atoms with van der Waals surface area (Å²) >= 11 is 1.35. The van der Waals surface area contributed by atoms with Crippen LogP contribution in [-0.2, 0) is 25.5 Å². The van der Waals surface area contributed by atoms with Crippen LogP contribution < -0.4 is 19.6 Å². The van der Waals surface area contributed by atoms with Crippen LogP contribution in [-0.4, -0.2) is 45.1 Å². The van der Waals surface area contributed by atoms with E-state index in [1.54, 1.807) is 33.5 Å². The first-order chi connectivity index (χ1) is 18.5. The van der Waals surface area contributed by atoms with Gasteiger partial charge in [-0.25, -0.2) is 4.79 Å². The topological polar surface area (TPSA) is 97.4 Å². The average Bonchev–Trinajstić information content (AvgIpc) is 3.07. The quantitative estimate of drug-likeness (QED) is 0.356. The number of thioether (sulfide) groups is 1. The van der Waals surface area contributed by atoms with Crippen LogP contribution in [0.25, 0.3) is 11.1 Å². The number of carbonyl (C=O) groups excluding carboxylic acids is 2. The molecule has 0 aromatic heterocycles. The van der Waals surface area contributed by atoms with Crippen molar-refractivity contribution in [1.29, 1.82) is 0 Å². The highest BCUT2D eigenvalue weighted by molar-refractivity contribution is 7.98. The van der Waals surface area contributed by atoms with Crippen LogP contribution in [0.1, 0.15) is 57.3 Å². The molecule has 0 radical (unpaired) electrons. The molecule has 208 valence electrons. The van der Waals surface area contributed by atoms with Crippen molar-refractivity contribution in [3.8, 4) is 28.4 Å². The highest BCUT2D eigenvalue weighted by Crippen LogP contribution is 2.66. The average molecular weight is 555 g/mol. The summed E-state index contributed by atoms with van der Waals surface area (Å²) in [6.45, 7) is 5.65. The summed E-state index contributed by atoms with van der Waals surface area (Å²) < 4.78 is 29.1. The summed E-state index contributed by atoms with van der Waals surface area (Å²) in [7, 11) is 4.66. The van der Waals surface area contributed by atoms with E-state index in [1.165, 1.54) is 11.8 Å². The molecule has 0 amide bonds. The molecule has 1 saturated carbocycles. The predicted molar refractivity (Wildman–Crippen MR) is 147 cm³/mol. The summed E-state index contributed by atoms with van der Waals surface area (Å²) in [5.74, 6) is 0.480. The molecule has 8 nitrogen and oxygen atoms in total. The highest BCUT2D eigenvalue weighted by Gasteiger charge is 2.76. The monoisotopic (exact) mass is 554 g/mol. The number of carbonyl (C=O) groups is 2. The standard InChI is InChI=1S/C30H34O8S/c1-28(2)29(3)12-13-30(28,38-26(29)32)27(33)37-20-10-8-16-14-21(34-4)24(35-5)25(36-6)23(16)17-9-11-22(39-7)19(31)15-18(17)20/h9,11,14-15,20H,8,10,12-13H2,1-7H3/t20-,29-,30+/m0/s1. The molecular formula is C30H34O8S. The summed E-state index contributed by atoms with van der Waals surface area (Å²) in [5, 5.41) is 0. The number of rotatable bonds is 6. The minimum Gasteiger partial charge on any atom is -0.493 e. The zero-order chi connectivity index (χ0) is 28.3. The molecule has 1 heterocycles. The third-order valence-electron chi connectivity index (χ3n) is 9.33. The van der Waals surface area contributed by atoms with Gasteiger partial charge in [0.2, 0.25) is 11.4 Å². The lowest BCUT2D eigenvalue weighted by atomic mass is 9.66. The Balaban J connectivity index is 1.68. The lowest BCUT2D eigenvalue weighted by Gasteiger charge is -2.35. The van der Waals surface area contributed by atoms with Crippen LogP contribution in [0.5, 0.6) is 17.2 Å². The zero-order valence-electron chi connectivity index (χ0n) is 23.4. The lowest BCUT2D eigenvalue weighted by molar-refractivity contribution is -0.187. The Morgan fingerprint density at radius 2 is 1.72 bits per heavy atom. The van der Waals surface area contributed by atoms with E-state index in [4.69, 9.17) is 23.7 Å². The molecule has 5 rings (SSSR count). The number of fused-ring (bicyclic) bond motifs is 5. The lowest BCUT2D eigenvalue weighted by Crippen LogP contribution is -2.49. The molecule has 0 N–H and O–H groups in total. The molecule has 2 bridgehead atoms. The maximum absolute atomic E-state index is 14.0. The van der Waals surface area contributed by atoms with Gasteiger partial charge in [-0.2, -0.15) is 0 Å². The van der Waals surface area contributed by atoms with Crippen molar-refractivity contribution in [3.05, 3.63) is 45.6 Å². The normalized spacial score (nSPS) is 26.1. The molecular weight excluding hydrogens is 520 g/mol. The van der Waals surface area contributed by atoms with Crippen molar-refractivity contribution in [2.45, 2.75) is 63.1 Å². The maximum Gasteiger partial charge on any atom is 0.351 e. The van der Waals surface area contributed by atoms with E-state index in [0.29, 0.717) is 59.0 Å². The molecule has 39 heavy (non-hydrogen) atoms. The number of hydrogen-bond donors (Lipinski definition) is 0. The van der Waals surface area contributed by atoms with Gasteiger partial charge in [0.15, 0.2) is 16.9 Å². The third-order valence-corrected chi connectivity index (χ3v) is 10.1. The second-order valence-electron chi connectivity index (χ2n) is 11.1. The second-order valence-corrected chi connectivity index (χ2v) is 11.9. The molecule has 2 aliphatic carbocycles. The summed E-state index contributed by atoms with van der Waals surface area (Å²) in [6.07, 6.45) is 2.95. The fraction of sp³-hybridized carbons (Fsp3) is 0.500. The van der Waals surface area contributed by atoms with Crippen LogP contribution in [0.3, 0.4) is 0 Å². The number of ether oxygens (including phenoxy) is 5. The molecule has 2 aromatic carbocycles. The van der Waals surface area contributed by atoms with Crippen molar-refractivity contribution in [3.63, 3.8) is 0 Å². The minimum absolute atomic E-state index is 0.174. The van der Waals surface area contributed by atoms with Gasteiger partial charge in [0.25, 0.3) is 0 Å². The first-order valence-corrected chi connectivity index (χ1v) is 14.2. The number of esters is 2. The Hall–Kier alpha value is -3.20. The van der Waals surface area contributed by atoms with E-state index in [-0.39, 0.29) is 11.4 Å². The SMILES string of the molecule is COc1cc2c(c(OC)c1OC)-c1ccc(SC)c(=O)cc1[C@@H](OC(=O)[C@@]13CC[C@@](C)(C(=O)O1)C3(C)C)CC2. The Labute approximate surface area is 232 Å². The van der Waals surface area contributed by atoms with E-state index in [2.05, 4.69) is 0 Å². The molecule has 0 unspecified atom stereocenters. The molecule has 9 heteroatoms. The van der Waals surface area contributed by atoms with Crippen molar-refractivity contribution < 1.29 is 33.3 Å². The molecule has 1 aliphatic heterocycles. The highest BCUT2D eigenvalue weighted by atomic mass is 32.2. The van der Waals surface area contributed by atoms with E-state index in [0.717, 1.165) is 11.1 Å². The molecule has 1 saturated heterocycles. The number of benzene rings is 1. The van der Waals surface area contributed by atoms with Gasteiger partial charge in [-0.05, 0) is 68.2 Å². The largest absolute Gasteiger partial charge is 0.493 e. The summed E-state index contributed by atoms with van der Waals surface area (Å²) in [6, 6.07) is 7.09. The van der Waals surface area contributed by atoms with Crippen molar-refractivity contribution in [1.82, 2.24) is 0 Å². The van der Waals surface area contributed by atoms with Gasteiger partial charge in [-0.1, -0.05) is 19.9 Å². The number of aryl methyl sites for hydroxylation is 1. The van der Waals surface area contributed by atoms with Gasteiger partial charge >= 0.3 is 11.9 Å². The van der Waals surface area contributed by atoms with Crippen LogP contribution in [0.4, 0.5) is 0 Å². The Kier molecular flexibility index (Phi) is 6.64. The van der Waals surface area contributed by atoms with Crippen molar-refractivity contribution in [2.75, 3.05) is 27.6 Å². The fourth-order valence-electron chi connectivity index (χ4n) is 6.48. The molecule has 3 aliphatic rings. The van der Waals surface area contributed by atoms with Crippen LogP contribution >= 0.6 is 11.8 Å². The van der Waals surface area contributed by atoms with E-state index in [9.17, 15) is 14.4 Å². The van der Waals surface area contributed by atoms with Gasteiger partial charge in [-0.15, -0.1) is 11.8 Å². The first kappa shape index (κ1) is 27.4. The van der Waals surface area contributed by atoms with Crippen molar-refractivity contribution >= 4 is 23.7 Å². The first-order valence-electron chi connectivity index (χ1n) is 13.0. The zero-order valence-corrected chi connectivity index (χ0v) is 24.2. The molecule has 0 spiro atoms. The van der Waals surface area contributed by atoms with E-state index in [1.807, 2.05) is 39.2 Å². The predicted octanol–water partition coefficient (Wildman–Crippen LogP) is 5.11. The van der Waals surface area contributed by atoms with Crippen molar-refractivity contribution in [2.24, 2.45) is 10.8 Å². The van der Waals surface area contributed by atoms with Gasteiger partial charge in [0, 0.05) is 16.5 Å². The third kappa shape index (κ3) is 3.68. The van der Waals surface area contributed by atoms with E-state index < -0.39 is 28.5 Å². The molecule has 3 atom stereocenters. The van der Waals surface area contributed by atoms with Crippen LogP contribution in [0.15, 0.2) is 34.0 Å².